The van der Waals surface area contributed by atoms with Crippen LogP contribution >= 0.6 is 12.4 Å². The standard InChI is InChI=1S/C13H15F4NO.ClH/c14-9-1-2-10(11(7-9)13(15,16)17)12(18)8-3-5-19-6-4-8;/h1-2,7-8,12H,3-6,18H2;1H/t12-;/m1./s1. The first-order chi connectivity index (χ1) is 8.89. The van der Waals surface area contributed by atoms with Gasteiger partial charge < -0.3 is 10.5 Å². The van der Waals surface area contributed by atoms with Crippen LogP contribution in [0.2, 0.25) is 0 Å². The maximum atomic E-state index is 13.0. The van der Waals surface area contributed by atoms with Crippen LogP contribution in [-0.4, -0.2) is 13.2 Å². The largest absolute Gasteiger partial charge is 0.416 e. The number of halogens is 5. The van der Waals surface area contributed by atoms with Crippen LogP contribution in [-0.2, 0) is 10.9 Å². The van der Waals surface area contributed by atoms with Crippen LogP contribution in [0.25, 0.3) is 0 Å². The molecule has 0 aromatic heterocycles. The molecule has 1 aromatic carbocycles. The summed E-state index contributed by atoms with van der Waals surface area (Å²) in [6.45, 7) is 1.00. The van der Waals surface area contributed by atoms with E-state index in [4.69, 9.17) is 10.5 Å². The molecule has 2 rings (SSSR count). The Balaban J connectivity index is 0.00000200. The van der Waals surface area contributed by atoms with Crippen molar-refractivity contribution in [1.82, 2.24) is 0 Å². The van der Waals surface area contributed by atoms with E-state index < -0.39 is 23.6 Å². The number of hydrogen-bond acceptors (Lipinski definition) is 2. The predicted molar refractivity (Wildman–Crippen MR) is 69.1 cm³/mol. The van der Waals surface area contributed by atoms with E-state index in [1.54, 1.807) is 0 Å². The first-order valence-corrected chi connectivity index (χ1v) is 6.09. The second-order valence-corrected chi connectivity index (χ2v) is 4.70. The molecule has 2 nitrogen and oxygen atoms in total. The van der Waals surface area contributed by atoms with Crippen LogP contribution in [0.1, 0.15) is 30.0 Å². The quantitative estimate of drug-likeness (QED) is 0.845. The minimum atomic E-state index is -4.60. The van der Waals surface area contributed by atoms with Crippen molar-refractivity contribution in [2.75, 3.05) is 13.2 Å². The van der Waals surface area contributed by atoms with Gasteiger partial charge in [-0.15, -0.1) is 12.4 Å². The second kappa shape index (κ2) is 6.74. The highest BCUT2D eigenvalue weighted by Crippen LogP contribution is 2.38. The third-order valence-corrected chi connectivity index (χ3v) is 3.45. The lowest BCUT2D eigenvalue weighted by Crippen LogP contribution is -2.29. The summed E-state index contributed by atoms with van der Waals surface area (Å²) in [4.78, 5) is 0. The van der Waals surface area contributed by atoms with E-state index in [9.17, 15) is 17.6 Å². The van der Waals surface area contributed by atoms with Crippen molar-refractivity contribution >= 4 is 12.4 Å². The summed E-state index contributed by atoms with van der Waals surface area (Å²) >= 11 is 0. The third kappa shape index (κ3) is 3.84. The summed E-state index contributed by atoms with van der Waals surface area (Å²) < 4.78 is 56.9. The zero-order valence-corrected chi connectivity index (χ0v) is 11.4. The average molecular weight is 314 g/mol. The Morgan fingerprint density at radius 3 is 2.35 bits per heavy atom. The summed E-state index contributed by atoms with van der Waals surface area (Å²) in [5, 5.41) is 0. The summed E-state index contributed by atoms with van der Waals surface area (Å²) in [5.41, 5.74) is 4.92. The van der Waals surface area contributed by atoms with Crippen molar-refractivity contribution in [3.05, 3.63) is 35.1 Å². The van der Waals surface area contributed by atoms with Crippen molar-refractivity contribution < 1.29 is 22.3 Å². The molecular weight excluding hydrogens is 298 g/mol. The molecular formula is C13H16ClF4NO. The van der Waals surface area contributed by atoms with Gasteiger partial charge in [0, 0.05) is 19.3 Å². The van der Waals surface area contributed by atoms with Crippen molar-refractivity contribution in [3.8, 4) is 0 Å². The van der Waals surface area contributed by atoms with E-state index in [1.807, 2.05) is 0 Å². The van der Waals surface area contributed by atoms with E-state index in [0.29, 0.717) is 32.1 Å². The van der Waals surface area contributed by atoms with Gasteiger partial charge in [-0.3, -0.25) is 0 Å². The van der Waals surface area contributed by atoms with E-state index in [0.717, 1.165) is 12.1 Å². The Kier molecular flexibility index (Phi) is 5.79. The van der Waals surface area contributed by atoms with Gasteiger partial charge in [0.05, 0.1) is 5.56 Å². The molecule has 0 radical (unpaired) electrons. The monoisotopic (exact) mass is 313 g/mol. The van der Waals surface area contributed by atoms with E-state index in [-0.39, 0.29) is 23.9 Å². The van der Waals surface area contributed by atoms with Crippen molar-refractivity contribution in [2.45, 2.75) is 25.1 Å². The molecule has 114 valence electrons. The Labute approximate surface area is 120 Å². The molecule has 1 fully saturated rings. The van der Waals surface area contributed by atoms with Gasteiger partial charge >= 0.3 is 6.18 Å². The van der Waals surface area contributed by atoms with Gasteiger partial charge in [0.2, 0.25) is 0 Å². The topological polar surface area (TPSA) is 35.2 Å². The van der Waals surface area contributed by atoms with Crippen molar-refractivity contribution in [2.24, 2.45) is 11.7 Å². The second-order valence-electron chi connectivity index (χ2n) is 4.70. The zero-order chi connectivity index (χ0) is 14.0. The number of benzene rings is 1. The van der Waals surface area contributed by atoms with Gasteiger partial charge in [-0.2, -0.15) is 13.2 Å². The first-order valence-electron chi connectivity index (χ1n) is 6.09. The molecule has 0 amide bonds. The van der Waals surface area contributed by atoms with E-state index >= 15 is 0 Å². The van der Waals surface area contributed by atoms with Crippen LogP contribution in [0, 0.1) is 11.7 Å². The van der Waals surface area contributed by atoms with Crippen LogP contribution < -0.4 is 5.73 Å². The molecule has 0 spiro atoms. The summed E-state index contributed by atoms with van der Waals surface area (Å²) in [6.07, 6.45) is -3.36. The fraction of sp³-hybridized carbons (Fsp3) is 0.538. The molecule has 1 atom stereocenters. The molecule has 0 unspecified atom stereocenters. The first kappa shape index (κ1) is 17.2. The lowest BCUT2D eigenvalue weighted by molar-refractivity contribution is -0.138. The minimum absolute atomic E-state index is 0. The Morgan fingerprint density at radius 1 is 1.20 bits per heavy atom. The molecule has 20 heavy (non-hydrogen) atoms. The summed E-state index contributed by atoms with van der Waals surface area (Å²) in [5.74, 6) is -0.976. The molecule has 1 aliphatic rings. The molecule has 0 saturated carbocycles. The lowest BCUT2D eigenvalue weighted by Gasteiger charge is -2.29. The Hall–Kier alpha value is -0.850. The third-order valence-electron chi connectivity index (χ3n) is 3.45. The van der Waals surface area contributed by atoms with Crippen molar-refractivity contribution in [3.63, 3.8) is 0 Å². The van der Waals surface area contributed by atoms with E-state index in [2.05, 4.69) is 0 Å². The van der Waals surface area contributed by atoms with Crippen LogP contribution in [0.4, 0.5) is 17.6 Å². The number of rotatable bonds is 2. The van der Waals surface area contributed by atoms with Crippen LogP contribution in [0.5, 0.6) is 0 Å². The van der Waals surface area contributed by atoms with Gasteiger partial charge in [0.15, 0.2) is 0 Å². The van der Waals surface area contributed by atoms with Crippen LogP contribution in [0.3, 0.4) is 0 Å². The molecule has 0 bridgehead atoms. The van der Waals surface area contributed by atoms with Gasteiger partial charge in [-0.1, -0.05) is 6.07 Å². The summed E-state index contributed by atoms with van der Waals surface area (Å²) in [6, 6.07) is 1.91. The van der Waals surface area contributed by atoms with Gasteiger partial charge in [-0.25, -0.2) is 4.39 Å². The fourth-order valence-corrected chi connectivity index (χ4v) is 2.39. The molecule has 1 aromatic rings. The molecule has 1 aliphatic heterocycles. The normalized spacial score (nSPS) is 18.4. The number of nitrogens with two attached hydrogens (primary N) is 1. The Bertz CT molecular complexity index is 446. The Morgan fingerprint density at radius 2 is 1.80 bits per heavy atom. The highest BCUT2D eigenvalue weighted by atomic mass is 35.5. The predicted octanol–water partition coefficient (Wildman–Crippen LogP) is 3.69. The molecule has 1 heterocycles. The number of alkyl halides is 3. The average Bonchev–Trinajstić information content (AvgIpc) is 2.38. The maximum Gasteiger partial charge on any atom is 0.416 e. The summed E-state index contributed by atoms with van der Waals surface area (Å²) in [7, 11) is 0. The van der Waals surface area contributed by atoms with Gasteiger partial charge in [0.1, 0.15) is 5.82 Å². The highest BCUT2D eigenvalue weighted by Gasteiger charge is 2.36. The molecule has 0 aliphatic carbocycles. The van der Waals surface area contributed by atoms with Crippen molar-refractivity contribution in [1.29, 1.82) is 0 Å². The SMILES string of the molecule is Cl.N[C@@H](c1ccc(F)cc1C(F)(F)F)C1CCOCC1. The van der Waals surface area contributed by atoms with Gasteiger partial charge in [-0.05, 0) is 36.5 Å². The fourth-order valence-electron chi connectivity index (χ4n) is 2.39. The lowest BCUT2D eigenvalue weighted by atomic mass is 9.85. The number of ether oxygens (including phenoxy) is 1. The highest BCUT2D eigenvalue weighted by molar-refractivity contribution is 5.85. The van der Waals surface area contributed by atoms with Crippen LogP contribution in [0.15, 0.2) is 18.2 Å². The molecule has 7 heteroatoms. The number of hydrogen-bond donors (Lipinski definition) is 1. The zero-order valence-electron chi connectivity index (χ0n) is 10.6. The molecule has 1 saturated heterocycles. The molecule has 2 N–H and O–H groups in total. The van der Waals surface area contributed by atoms with Gasteiger partial charge in [0.25, 0.3) is 0 Å². The maximum absolute atomic E-state index is 13.0. The smallest absolute Gasteiger partial charge is 0.381 e. The minimum Gasteiger partial charge on any atom is -0.381 e. The van der Waals surface area contributed by atoms with E-state index in [1.165, 1.54) is 0 Å².